The Balaban J connectivity index is 1.04. The standard InChI is InChI=1S/C26H38N4O3/c31-24(12-15-30-25(32)22-10-4-5-11-23(22)26(30)33)27-13-6-7-14-28-16-18-29(19-17-28)20-21-8-2-1-3-9-21/h1-3,8-9,22-23H,4-7,10-20H2,(H,27,31). The molecule has 3 fully saturated rings. The first-order chi connectivity index (χ1) is 16.1. The number of carbonyl (C=O) groups excluding carboxylic acids is 3. The summed E-state index contributed by atoms with van der Waals surface area (Å²) in [4.78, 5) is 43.5. The van der Waals surface area contributed by atoms with Crippen LogP contribution >= 0.6 is 0 Å². The number of fused-ring (bicyclic) bond motifs is 1. The number of imide groups is 1. The van der Waals surface area contributed by atoms with Crippen LogP contribution in [0.4, 0.5) is 0 Å². The molecule has 0 spiro atoms. The zero-order chi connectivity index (χ0) is 23.0. The molecule has 1 aromatic rings. The van der Waals surface area contributed by atoms with Crippen LogP contribution in [-0.4, -0.2) is 78.2 Å². The van der Waals surface area contributed by atoms with Gasteiger partial charge in [-0.25, -0.2) is 0 Å². The van der Waals surface area contributed by atoms with Crippen molar-refractivity contribution in [1.82, 2.24) is 20.0 Å². The predicted octanol–water partition coefficient (Wildman–Crippen LogP) is 2.27. The summed E-state index contributed by atoms with van der Waals surface area (Å²) in [7, 11) is 0. The lowest BCUT2D eigenvalue weighted by atomic mass is 9.81. The molecule has 7 heteroatoms. The van der Waals surface area contributed by atoms with Gasteiger partial charge in [0.1, 0.15) is 0 Å². The number of nitrogens with one attached hydrogen (secondary N) is 1. The van der Waals surface area contributed by atoms with Crippen LogP contribution in [0.3, 0.4) is 0 Å². The van der Waals surface area contributed by atoms with E-state index in [0.717, 1.165) is 77.8 Å². The fourth-order valence-electron chi connectivity index (χ4n) is 5.45. The molecule has 2 heterocycles. The van der Waals surface area contributed by atoms with E-state index in [1.807, 2.05) is 0 Å². The summed E-state index contributed by atoms with van der Waals surface area (Å²) in [5, 5.41) is 2.96. The smallest absolute Gasteiger partial charge is 0.233 e. The van der Waals surface area contributed by atoms with E-state index in [9.17, 15) is 14.4 Å². The molecule has 1 aliphatic carbocycles. The van der Waals surface area contributed by atoms with Crippen molar-refractivity contribution < 1.29 is 14.4 Å². The minimum atomic E-state index is -0.130. The van der Waals surface area contributed by atoms with Gasteiger partial charge in [-0.2, -0.15) is 0 Å². The minimum Gasteiger partial charge on any atom is -0.356 e. The lowest BCUT2D eigenvalue weighted by molar-refractivity contribution is -0.140. The monoisotopic (exact) mass is 454 g/mol. The van der Waals surface area contributed by atoms with Crippen LogP contribution < -0.4 is 5.32 Å². The Morgan fingerprint density at radius 3 is 2.15 bits per heavy atom. The zero-order valence-corrected chi connectivity index (χ0v) is 19.7. The van der Waals surface area contributed by atoms with Crippen molar-refractivity contribution in [3.63, 3.8) is 0 Å². The SMILES string of the molecule is O=C(CCN1C(=O)C2CCCCC2C1=O)NCCCCN1CCN(Cc2ccccc2)CC1. The van der Waals surface area contributed by atoms with Crippen molar-refractivity contribution in [2.75, 3.05) is 45.8 Å². The van der Waals surface area contributed by atoms with E-state index >= 15 is 0 Å². The quantitative estimate of drug-likeness (QED) is 0.434. The third-order valence-electron chi connectivity index (χ3n) is 7.43. The van der Waals surface area contributed by atoms with Crippen molar-refractivity contribution >= 4 is 17.7 Å². The highest BCUT2D eigenvalue weighted by Gasteiger charge is 2.47. The van der Waals surface area contributed by atoms with Gasteiger partial charge in [0.15, 0.2) is 0 Å². The van der Waals surface area contributed by atoms with Crippen molar-refractivity contribution in [1.29, 1.82) is 0 Å². The maximum atomic E-state index is 12.5. The molecular formula is C26H38N4O3. The van der Waals surface area contributed by atoms with E-state index in [4.69, 9.17) is 0 Å². The molecule has 180 valence electrons. The first kappa shape index (κ1) is 23.9. The highest BCUT2D eigenvalue weighted by Crippen LogP contribution is 2.37. The van der Waals surface area contributed by atoms with E-state index < -0.39 is 0 Å². The van der Waals surface area contributed by atoms with Gasteiger partial charge in [-0.05, 0) is 37.8 Å². The molecule has 0 radical (unpaired) electrons. The lowest BCUT2D eigenvalue weighted by Gasteiger charge is -2.34. The maximum absolute atomic E-state index is 12.5. The third-order valence-corrected chi connectivity index (χ3v) is 7.43. The summed E-state index contributed by atoms with van der Waals surface area (Å²) >= 11 is 0. The zero-order valence-electron chi connectivity index (χ0n) is 19.7. The van der Waals surface area contributed by atoms with Gasteiger partial charge in [0.25, 0.3) is 0 Å². The molecule has 0 bridgehead atoms. The molecule has 2 unspecified atom stereocenters. The van der Waals surface area contributed by atoms with Gasteiger partial charge in [0.05, 0.1) is 11.8 Å². The van der Waals surface area contributed by atoms with Crippen LogP contribution in [0.25, 0.3) is 0 Å². The predicted molar refractivity (Wildman–Crippen MR) is 127 cm³/mol. The van der Waals surface area contributed by atoms with Crippen LogP contribution in [0.5, 0.6) is 0 Å². The van der Waals surface area contributed by atoms with Gasteiger partial charge in [0.2, 0.25) is 17.7 Å². The van der Waals surface area contributed by atoms with Gasteiger partial charge in [0, 0.05) is 52.2 Å². The van der Waals surface area contributed by atoms with Gasteiger partial charge in [-0.15, -0.1) is 0 Å². The molecule has 4 rings (SSSR count). The van der Waals surface area contributed by atoms with Gasteiger partial charge in [-0.1, -0.05) is 43.2 Å². The third kappa shape index (κ3) is 6.42. The summed E-state index contributed by atoms with van der Waals surface area (Å²) in [5.74, 6) is -0.438. The summed E-state index contributed by atoms with van der Waals surface area (Å²) in [5.41, 5.74) is 1.37. The van der Waals surface area contributed by atoms with Crippen molar-refractivity contribution in [2.24, 2.45) is 11.8 Å². The van der Waals surface area contributed by atoms with Crippen LogP contribution in [0.2, 0.25) is 0 Å². The van der Waals surface area contributed by atoms with Crippen LogP contribution in [0.15, 0.2) is 30.3 Å². The fourth-order valence-corrected chi connectivity index (χ4v) is 5.45. The summed E-state index contributed by atoms with van der Waals surface area (Å²) in [6, 6.07) is 10.6. The van der Waals surface area contributed by atoms with Crippen molar-refractivity contribution in [3.8, 4) is 0 Å². The number of likely N-dealkylation sites (tertiary alicyclic amines) is 1. The molecule has 1 saturated carbocycles. The van der Waals surface area contributed by atoms with Crippen molar-refractivity contribution in [3.05, 3.63) is 35.9 Å². The summed E-state index contributed by atoms with van der Waals surface area (Å²) in [6.07, 6.45) is 5.91. The Morgan fingerprint density at radius 1 is 0.848 bits per heavy atom. The first-order valence-electron chi connectivity index (χ1n) is 12.7. The van der Waals surface area contributed by atoms with Crippen LogP contribution in [0, 0.1) is 11.8 Å². The molecule has 2 atom stereocenters. The average molecular weight is 455 g/mol. The molecule has 1 N–H and O–H groups in total. The molecule has 2 aliphatic heterocycles. The van der Waals surface area contributed by atoms with Gasteiger partial charge >= 0.3 is 0 Å². The first-order valence-corrected chi connectivity index (χ1v) is 12.7. The van der Waals surface area contributed by atoms with E-state index in [2.05, 4.69) is 45.4 Å². The lowest BCUT2D eigenvalue weighted by Crippen LogP contribution is -2.46. The second kappa shape index (κ2) is 11.7. The number of carbonyl (C=O) groups is 3. The van der Waals surface area contributed by atoms with Gasteiger partial charge < -0.3 is 10.2 Å². The molecule has 7 nitrogen and oxygen atoms in total. The van der Waals surface area contributed by atoms with E-state index in [1.54, 1.807) is 0 Å². The second-order valence-corrected chi connectivity index (χ2v) is 9.74. The number of nitrogens with zero attached hydrogens (tertiary/aromatic N) is 3. The summed E-state index contributed by atoms with van der Waals surface area (Å²) < 4.78 is 0. The number of hydrogen-bond donors (Lipinski definition) is 1. The number of benzene rings is 1. The Bertz CT molecular complexity index is 783. The molecule has 1 aromatic carbocycles. The Labute approximate surface area is 197 Å². The van der Waals surface area contributed by atoms with E-state index in [1.165, 1.54) is 10.5 Å². The number of piperazine rings is 1. The number of unbranched alkanes of at least 4 members (excludes halogenated alkanes) is 1. The molecule has 33 heavy (non-hydrogen) atoms. The molecule has 3 aliphatic rings. The number of amides is 3. The highest BCUT2D eigenvalue weighted by molar-refractivity contribution is 6.05. The molecule has 3 amide bonds. The average Bonchev–Trinajstić information content (AvgIpc) is 3.09. The van der Waals surface area contributed by atoms with Crippen LogP contribution in [0.1, 0.15) is 50.5 Å². The largest absolute Gasteiger partial charge is 0.356 e. The molecule has 0 aromatic heterocycles. The highest BCUT2D eigenvalue weighted by atomic mass is 16.2. The van der Waals surface area contributed by atoms with Gasteiger partial charge in [-0.3, -0.25) is 24.2 Å². The normalized spacial score (nSPS) is 24.2. The fraction of sp³-hybridized carbons (Fsp3) is 0.654. The molecule has 2 saturated heterocycles. The number of hydrogen-bond acceptors (Lipinski definition) is 5. The minimum absolute atomic E-state index is 0.0543. The van der Waals surface area contributed by atoms with Crippen LogP contribution in [-0.2, 0) is 20.9 Å². The Hall–Kier alpha value is -2.25. The van der Waals surface area contributed by atoms with Crippen molar-refractivity contribution in [2.45, 2.75) is 51.5 Å². The van der Waals surface area contributed by atoms with E-state index in [-0.39, 0.29) is 42.5 Å². The Kier molecular flexibility index (Phi) is 8.51. The van der Waals surface area contributed by atoms with E-state index in [0.29, 0.717) is 6.54 Å². The Morgan fingerprint density at radius 2 is 1.48 bits per heavy atom. The number of rotatable bonds is 10. The second-order valence-electron chi connectivity index (χ2n) is 9.74. The summed E-state index contributed by atoms with van der Waals surface area (Å²) in [6.45, 7) is 7.36. The maximum Gasteiger partial charge on any atom is 0.233 e. The topological polar surface area (TPSA) is 73.0 Å². The molecular weight excluding hydrogens is 416 g/mol.